The third-order valence-corrected chi connectivity index (χ3v) is 6.84. The Bertz CT molecular complexity index is 1170. The second-order valence-corrected chi connectivity index (χ2v) is 9.29. The van der Waals surface area contributed by atoms with Gasteiger partial charge in [-0.1, -0.05) is 78.9 Å². The van der Waals surface area contributed by atoms with Crippen molar-refractivity contribution in [2.75, 3.05) is 44.3 Å². The summed E-state index contributed by atoms with van der Waals surface area (Å²) in [5, 5.41) is 5.79. The van der Waals surface area contributed by atoms with E-state index in [9.17, 15) is 9.59 Å². The number of para-hydroxylation sites is 1. The van der Waals surface area contributed by atoms with Crippen molar-refractivity contribution in [3.63, 3.8) is 0 Å². The minimum atomic E-state index is -0.107. The lowest BCUT2D eigenvalue weighted by Gasteiger charge is -2.35. The zero-order chi connectivity index (χ0) is 25.5. The Morgan fingerprint density at radius 1 is 0.784 bits per heavy atom. The molecule has 37 heavy (non-hydrogen) atoms. The van der Waals surface area contributed by atoms with Gasteiger partial charge in [-0.3, -0.25) is 14.5 Å². The van der Waals surface area contributed by atoms with Gasteiger partial charge in [0.05, 0.1) is 12.3 Å². The van der Waals surface area contributed by atoms with E-state index in [1.165, 1.54) is 5.01 Å². The first-order chi connectivity index (χ1) is 18.2. The van der Waals surface area contributed by atoms with Gasteiger partial charge in [-0.25, -0.2) is 5.01 Å². The highest BCUT2D eigenvalue weighted by molar-refractivity contribution is 6.40. The Balaban J connectivity index is 1.14. The second-order valence-electron chi connectivity index (χ2n) is 9.29. The van der Waals surface area contributed by atoms with Crippen molar-refractivity contribution in [1.29, 1.82) is 0 Å². The number of hydrogen-bond donors (Lipinski definition) is 0. The minimum absolute atomic E-state index is 0.0717. The summed E-state index contributed by atoms with van der Waals surface area (Å²) in [6, 6.07) is 29.9. The SMILES string of the molecule is O=C(C1=NN(c2ccccc2)C(=O)CC1)N1CCN(CCOC(c2ccccc2)c2ccccc2)CC1. The fourth-order valence-corrected chi connectivity index (χ4v) is 4.78. The van der Waals surface area contributed by atoms with Gasteiger partial charge in [0.15, 0.2) is 0 Å². The summed E-state index contributed by atoms with van der Waals surface area (Å²) in [5.74, 6) is -0.158. The molecule has 2 amide bonds. The molecule has 7 nitrogen and oxygen atoms in total. The predicted octanol–water partition coefficient (Wildman–Crippen LogP) is 4.12. The summed E-state index contributed by atoms with van der Waals surface area (Å²) in [6.07, 6.45) is 0.570. The van der Waals surface area contributed by atoms with Crippen LogP contribution in [0.3, 0.4) is 0 Å². The minimum Gasteiger partial charge on any atom is -0.367 e. The van der Waals surface area contributed by atoms with Crippen LogP contribution < -0.4 is 5.01 Å². The number of nitrogens with zero attached hydrogens (tertiary/aromatic N) is 4. The molecule has 1 fully saturated rings. The van der Waals surface area contributed by atoms with E-state index in [1.807, 2.05) is 71.6 Å². The summed E-state index contributed by atoms with van der Waals surface area (Å²) in [4.78, 5) is 29.7. The largest absolute Gasteiger partial charge is 0.367 e. The van der Waals surface area contributed by atoms with Crippen LogP contribution in [0.25, 0.3) is 0 Å². The van der Waals surface area contributed by atoms with Gasteiger partial charge in [0.2, 0.25) is 5.91 Å². The van der Waals surface area contributed by atoms with Crippen LogP contribution in [-0.2, 0) is 14.3 Å². The van der Waals surface area contributed by atoms with E-state index in [4.69, 9.17) is 4.74 Å². The molecule has 0 aliphatic carbocycles. The molecule has 7 heteroatoms. The highest BCUT2D eigenvalue weighted by Crippen LogP contribution is 2.26. The van der Waals surface area contributed by atoms with Crippen LogP contribution >= 0.6 is 0 Å². The molecule has 3 aromatic carbocycles. The Labute approximate surface area is 217 Å². The number of rotatable bonds is 8. The van der Waals surface area contributed by atoms with Crippen LogP contribution in [0, 0.1) is 0 Å². The first-order valence-corrected chi connectivity index (χ1v) is 12.9. The third-order valence-electron chi connectivity index (χ3n) is 6.84. The number of hydrogen-bond acceptors (Lipinski definition) is 5. The summed E-state index contributed by atoms with van der Waals surface area (Å²) in [6.45, 7) is 4.24. The van der Waals surface area contributed by atoms with Crippen LogP contribution in [0.4, 0.5) is 5.69 Å². The van der Waals surface area contributed by atoms with Crippen LogP contribution in [0.1, 0.15) is 30.1 Å². The molecule has 0 bridgehead atoms. The van der Waals surface area contributed by atoms with Crippen molar-refractivity contribution in [1.82, 2.24) is 9.80 Å². The molecule has 5 rings (SSSR count). The molecule has 2 heterocycles. The number of benzene rings is 3. The van der Waals surface area contributed by atoms with Crippen molar-refractivity contribution in [3.8, 4) is 0 Å². The van der Waals surface area contributed by atoms with Gasteiger partial charge in [-0.2, -0.15) is 5.10 Å². The Morgan fingerprint density at radius 3 is 1.95 bits per heavy atom. The zero-order valence-electron chi connectivity index (χ0n) is 20.9. The predicted molar refractivity (Wildman–Crippen MR) is 144 cm³/mol. The fourth-order valence-electron chi connectivity index (χ4n) is 4.78. The van der Waals surface area contributed by atoms with Gasteiger partial charge in [-0.15, -0.1) is 0 Å². The maximum absolute atomic E-state index is 13.2. The lowest BCUT2D eigenvalue weighted by molar-refractivity contribution is -0.126. The van der Waals surface area contributed by atoms with Gasteiger partial charge < -0.3 is 9.64 Å². The van der Waals surface area contributed by atoms with Crippen molar-refractivity contribution in [2.24, 2.45) is 5.10 Å². The van der Waals surface area contributed by atoms with Crippen LogP contribution in [-0.4, -0.2) is 66.7 Å². The first kappa shape index (κ1) is 24.9. The van der Waals surface area contributed by atoms with Crippen molar-refractivity contribution in [2.45, 2.75) is 18.9 Å². The number of piperazine rings is 1. The Morgan fingerprint density at radius 2 is 1.35 bits per heavy atom. The molecule has 0 aromatic heterocycles. The maximum atomic E-state index is 13.2. The number of amides is 2. The van der Waals surface area contributed by atoms with E-state index < -0.39 is 0 Å². The van der Waals surface area contributed by atoms with Crippen molar-refractivity contribution >= 4 is 23.2 Å². The smallest absolute Gasteiger partial charge is 0.270 e. The van der Waals surface area contributed by atoms with Crippen molar-refractivity contribution in [3.05, 3.63) is 102 Å². The molecule has 190 valence electrons. The summed E-state index contributed by atoms with van der Waals surface area (Å²) < 4.78 is 6.37. The average molecular weight is 497 g/mol. The second kappa shape index (κ2) is 12.0. The number of ether oxygens (including phenoxy) is 1. The van der Waals surface area contributed by atoms with Crippen LogP contribution in [0.15, 0.2) is 96.1 Å². The van der Waals surface area contributed by atoms with E-state index in [-0.39, 0.29) is 17.9 Å². The van der Waals surface area contributed by atoms with Gasteiger partial charge in [0.1, 0.15) is 11.8 Å². The fraction of sp³-hybridized carbons (Fsp3) is 0.300. The first-order valence-electron chi connectivity index (χ1n) is 12.9. The number of carbonyl (C=O) groups is 2. The molecule has 2 aliphatic rings. The molecular weight excluding hydrogens is 464 g/mol. The molecule has 0 unspecified atom stereocenters. The molecule has 0 saturated carbocycles. The highest BCUT2D eigenvalue weighted by Gasteiger charge is 2.30. The normalized spacial score (nSPS) is 16.7. The van der Waals surface area contributed by atoms with E-state index in [0.717, 1.165) is 30.8 Å². The molecule has 1 saturated heterocycles. The lowest BCUT2D eigenvalue weighted by Crippen LogP contribution is -2.52. The van der Waals surface area contributed by atoms with Gasteiger partial charge in [0, 0.05) is 45.6 Å². The maximum Gasteiger partial charge on any atom is 0.270 e. The molecule has 3 aromatic rings. The Hall–Kier alpha value is -3.81. The average Bonchev–Trinajstić information content (AvgIpc) is 2.97. The van der Waals surface area contributed by atoms with Gasteiger partial charge >= 0.3 is 0 Å². The summed E-state index contributed by atoms with van der Waals surface area (Å²) in [7, 11) is 0. The van der Waals surface area contributed by atoms with E-state index in [2.05, 4.69) is 34.3 Å². The van der Waals surface area contributed by atoms with E-state index in [1.54, 1.807) is 0 Å². The summed E-state index contributed by atoms with van der Waals surface area (Å²) >= 11 is 0. The quantitative estimate of drug-likeness (QED) is 0.471. The van der Waals surface area contributed by atoms with Crippen LogP contribution in [0.2, 0.25) is 0 Å². The molecular formula is C30H32N4O3. The topological polar surface area (TPSA) is 65.5 Å². The van der Waals surface area contributed by atoms with Crippen LogP contribution in [0.5, 0.6) is 0 Å². The van der Waals surface area contributed by atoms with Crippen molar-refractivity contribution < 1.29 is 14.3 Å². The molecule has 0 N–H and O–H groups in total. The molecule has 2 aliphatic heterocycles. The molecule has 0 radical (unpaired) electrons. The number of anilines is 1. The molecule has 0 atom stereocenters. The highest BCUT2D eigenvalue weighted by atomic mass is 16.5. The Kier molecular flexibility index (Phi) is 8.03. The monoisotopic (exact) mass is 496 g/mol. The summed E-state index contributed by atoms with van der Waals surface area (Å²) in [5.41, 5.74) is 3.42. The lowest BCUT2D eigenvalue weighted by atomic mass is 10.0. The van der Waals surface area contributed by atoms with Gasteiger partial charge in [-0.05, 0) is 23.3 Å². The zero-order valence-corrected chi connectivity index (χ0v) is 20.9. The molecule has 0 spiro atoms. The standard InChI is InChI=1S/C30H32N4O3/c35-28-17-16-27(31-34(28)26-14-8-3-9-15-26)30(36)33-20-18-32(19-21-33)22-23-37-29(24-10-4-1-5-11-24)25-12-6-2-7-13-25/h1-15,29H,16-23H2. The third kappa shape index (κ3) is 6.13. The van der Waals surface area contributed by atoms with E-state index >= 15 is 0 Å². The van der Waals surface area contributed by atoms with E-state index in [0.29, 0.717) is 43.9 Å². The number of hydrazone groups is 1. The van der Waals surface area contributed by atoms with Gasteiger partial charge in [0.25, 0.3) is 5.91 Å². The number of carbonyl (C=O) groups excluding carboxylic acids is 2.